The van der Waals surface area contributed by atoms with Crippen LogP contribution >= 0.6 is 22.9 Å². The maximum absolute atomic E-state index is 8.62. The van der Waals surface area contributed by atoms with E-state index in [2.05, 4.69) is 39.4 Å². The minimum Gasteiger partial charge on any atom is -0.425 e. The molecule has 5 nitrogen and oxygen atoms in total. The monoisotopic (exact) mass is 380 g/mol. The average Bonchev–Trinajstić information content (AvgIpc) is 3.27. The van der Waals surface area contributed by atoms with Crippen molar-refractivity contribution >= 4 is 33.2 Å². The number of hydrogen-bond donors (Lipinski definition) is 0. The number of nitrogens with zero attached hydrogens (tertiary/aromatic N) is 4. The molecule has 0 unspecified atom stereocenters. The zero-order valence-electron chi connectivity index (χ0n) is 13.6. The topological polar surface area (TPSA) is 75.6 Å². The van der Waals surface area contributed by atoms with Crippen molar-refractivity contribution in [2.45, 2.75) is 19.3 Å². The van der Waals surface area contributed by atoms with Crippen LogP contribution in [0.1, 0.15) is 23.2 Å². The lowest BCUT2D eigenvalue weighted by Crippen LogP contribution is -1.86. The normalized spacial score (nSPS) is 10.9. The molecule has 0 saturated heterocycles. The fourth-order valence-corrected chi connectivity index (χ4v) is 4.00. The molecule has 0 fully saturated rings. The Labute approximate surface area is 158 Å². The van der Waals surface area contributed by atoms with Crippen LogP contribution in [0.25, 0.3) is 21.3 Å². The SMILES string of the molecule is N#CCCc1nnc(Cc2nc3c(Cl)cc(-c4ccccc4)cc3s2)o1. The van der Waals surface area contributed by atoms with E-state index >= 15 is 0 Å². The van der Waals surface area contributed by atoms with Crippen LogP contribution < -0.4 is 0 Å². The molecule has 0 aliphatic heterocycles. The fourth-order valence-electron chi connectivity index (χ4n) is 2.66. The van der Waals surface area contributed by atoms with Crippen molar-refractivity contribution in [3.05, 3.63) is 64.3 Å². The number of thiazole rings is 1. The molecule has 0 aliphatic rings. The summed E-state index contributed by atoms with van der Waals surface area (Å²) in [5, 5.41) is 18.1. The van der Waals surface area contributed by atoms with Gasteiger partial charge in [0.25, 0.3) is 0 Å². The van der Waals surface area contributed by atoms with E-state index in [9.17, 15) is 0 Å². The van der Waals surface area contributed by atoms with E-state index < -0.39 is 0 Å². The highest BCUT2D eigenvalue weighted by atomic mass is 35.5. The zero-order valence-corrected chi connectivity index (χ0v) is 15.2. The number of hydrogen-bond acceptors (Lipinski definition) is 6. The Morgan fingerprint density at radius 3 is 2.69 bits per heavy atom. The van der Waals surface area contributed by atoms with Crippen LogP contribution in [0.15, 0.2) is 46.9 Å². The molecular weight excluding hydrogens is 368 g/mol. The number of aromatic nitrogens is 3. The molecule has 0 atom stereocenters. The van der Waals surface area contributed by atoms with Crippen molar-refractivity contribution in [3.8, 4) is 17.2 Å². The standard InChI is InChI=1S/C19H13ClN4OS/c20-14-9-13(12-5-2-1-3-6-12)10-15-19(14)22-18(26-15)11-17-24-23-16(25-17)7-4-8-21/h1-3,5-6,9-10H,4,7,11H2. The van der Waals surface area contributed by atoms with Gasteiger partial charge in [-0.05, 0) is 23.3 Å². The van der Waals surface area contributed by atoms with Gasteiger partial charge in [0.15, 0.2) is 0 Å². The third-order valence-electron chi connectivity index (χ3n) is 3.86. The molecule has 0 bridgehead atoms. The number of rotatable bonds is 5. The molecule has 2 heterocycles. The lowest BCUT2D eigenvalue weighted by Gasteiger charge is -2.02. The quantitative estimate of drug-likeness (QED) is 0.484. The van der Waals surface area contributed by atoms with E-state index in [-0.39, 0.29) is 0 Å². The van der Waals surface area contributed by atoms with E-state index in [0.29, 0.717) is 36.1 Å². The van der Waals surface area contributed by atoms with E-state index in [4.69, 9.17) is 21.3 Å². The molecule has 4 rings (SSSR count). The van der Waals surface area contributed by atoms with Gasteiger partial charge in [0.1, 0.15) is 10.5 Å². The van der Waals surface area contributed by atoms with E-state index in [1.54, 1.807) is 11.3 Å². The molecule has 2 aromatic heterocycles. The second kappa shape index (κ2) is 7.24. The maximum Gasteiger partial charge on any atom is 0.223 e. The largest absolute Gasteiger partial charge is 0.425 e. The Balaban J connectivity index is 1.62. The maximum atomic E-state index is 8.62. The van der Waals surface area contributed by atoms with E-state index in [0.717, 1.165) is 26.4 Å². The van der Waals surface area contributed by atoms with Crippen molar-refractivity contribution in [2.75, 3.05) is 0 Å². The summed E-state index contributed by atoms with van der Waals surface area (Å²) < 4.78 is 6.59. The van der Waals surface area contributed by atoms with Crippen LogP contribution in [0, 0.1) is 11.3 Å². The minimum atomic E-state index is 0.362. The summed E-state index contributed by atoms with van der Waals surface area (Å²) in [6.07, 6.45) is 1.28. The van der Waals surface area contributed by atoms with Crippen molar-refractivity contribution in [2.24, 2.45) is 0 Å². The highest BCUT2D eigenvalue weighted by molar-refractivity contribution is 7.18. The van der Waals surface area contributed by atoms with Gasteiger partial charge in [0, 0.05) is 12.8 Å². The first kappa shape index (κ1) is 16.7. The summed E-state index contributed by atoms with van der Waals surface area (Å²) in [5.41, 5.74) is 2.97. The Morgan fingerprint density at radius 2 is 1.88 bits per heavy atom. The fraction of sp³-hybridized carbons (Fsp3) is 0.158. The Morgan fingerprint density at radius 1 is 1.08 bits per heavy atom. The number of fused-ring (bicyclic) bond motifs is 1. The van der Waals surface area contributed by atoms with Crippen LogP contribution in [0.2, 0.25) is 5.02 Å². The average molecular weight is 381 g/mol. The van der Waals surface area contributed by atoms with Gasteiger partial charge >= 0.3 is 0 Å². The molecule has 0 radical (unpaired) electrons. The molecule has 26 heavy (non-hydrogen) atoms. The predicted molar refractivity (Wildman–Crippen MR) is 101 cm³/mol. The van der Waals surface area contributed by atoms with Gasteiger partial charge in [0.2, 0.25) is 11.8 Å². The molecule has 0 aliphatic carbocycles. The first-order valence-corrected chi connectivity index (χ1v) is 9.25. The predicted octanol–water partition coefficient (Wildman–Crippen LogP) is 5.05. The molecule has 0 N–H and O–H groups in total. The van der Waals surface area contributed by atoms with Crippen molar-refractivity contribution in [1.82, 2.24) is 15.2 Å². The lowest BCUT2D eigenvalue weighted by molar-refractivity contribution is 0.458. The Kier molecular flexibility index (Phi) is 4.65. The second-order valence-corrected chi connectivity index (χ2v) is 7.23. The van der Waals surface area contributed by atoms with Gasteiger partial charge in [-0.3, -0.25) is 0 Å². The summed E-state index contributed by atoms with van der Waals surface area (Å²) in [6.45, 7) is 0. The highest BCUT2D eigenvalue weighted by Crippen LogP contribution is 2.34. The molecular formula is C19H13ClN4OS. The highest BCUT2D eigenvalue weighted by Gasteiger charge is 2.13. The van der Waals surface area contributed by atoms with Gasteiger partial charge in [-0.1, -0.05) is 41.9 Å². The number of nitriles is 1. The third kappa shape index (κ3) is 3.45. The summed E-state index contributed by atoms with van der Waals surface area (Å²) in [6, 6.07) is 16.2. The van der Waals surface area contributed by atoms with Crippen molar-refractivity contribution < 1.29 is 4.42 Å². The van der Waals surface area contributed by atoms with Gasteiger partial charge in [0.05, 0.1) is 22.2 Å². The molecule has 128 valence electrons. The molecule has 7 heteroatoms. The smallest absolute Gasteiger partial charge is 0.223 e. The van der Waals surface area contributed by atoms with Crippen LogP contribution in [-0.2, 0) is 12.8 Å². The van der Waals surface area contributed by atoms with Gasteiger partial charge in [-0.15, -0.1) is 21.5 Å². The summed E-state index contributed by atoms with van der Waals surface area (Å²) in [7, 11) is 0. The van der Waals surface area contributed by atoms with Crippen LogP contribution in [0.4, 0.5) is 0 Å². The summed E-state index contributed by atoms with van der Waals surface area (Å²) in [5.74, 6) is 0.975. The van der Waals surface area contributed by atoms with E-state index in [1.807, 2.05) is 24.3 Å². The molecule has 0 spiro atoms. The Bertz CT molecular complexity index is 1100. The minimum absolute atomic E-state index is 0.362. The first-order chi connectivity index (χ1) is 12.7. The number of halogens is 1. The van der Waals surface area contributed by atoms with Crippen LogP contribution in [0.5, 0.6) is 0 Å². The number of aryl methyl sites for hydroxylation is 1. The molecule has 0 amide bonds. The molecule has 0 saturated carbocycles. The molecule has 4 aromatic rings. The number of benzene rings is 2. The van der Waals surface area contributed by atoms with Gasteiger partial charge in [-0.25, -0.2) is 4.98 Å². The Hall–Kier alpha value is -2.75. The zero-order chi connectivity index (χ0) is 17.9. The van der Waals surface area contributed by atoms with Crippen LogP contribution in [-0.4, -0.2) is 15.2 Å². The summed E-state index contributed by atoms with van der Waals surface area (Å²) in [4.78, 5) is 4.62. The van der Waals surface area contributed by atoms with Gasteiger partial charge in [-0.2, -0.15) is 5.26 Å². The van der Waals surface area contributed by atoms with Gasteiger partial charge < -0.3 is 4.42 Å². The van der Waals surface area contributed by atoms with Crippen molar-refractivity contribution in [3.63, 3.8) is 0 Å². The summed E-state index contributed by atoms with van der Waals surface area (Å²) >= 11 is 8.02. The van der Waals surface area contributed by atoms with Crippen molar-refractivity contribution in [1.29, 1.82) is 5.26 Å². The van der Waals surface area contributed by atoms with Crippen LogP contribution in [0.3, 0.4) is 0 Å². The lowest BCUT2D eigenvalue weighted by atomic mass is 10.1. The first-order valence-electron chi connectivity index (χ1n) is 8.05. The van der Waals surface area contributed by atoms with E-state index in [1.165, 1.54) is 0 Å². The second-order valence-electron chi connectivity index (χ2n) is 5.70. The molecule has 2 aromatic carbocycles. The third-order valence-corrected chi connectivity index (χ3v) is 5.15.